The van der Waals surface area contributed by atoms with Crippen LogP contribution in [0.15, 0.2) is 104 Å². The van der Waals surface area contributed by atoms with Gasteiger partial charge in [-0.15, -0.1) is 68.6 Å². The molecule has 3 fully saturated rings. The third-order valence-corrected chi connectivity index (χ3v) is 16.3. The van der Waals surface area contributed by atoms with Crippen molar-refractivity contribution in [1.29, 1.82) is 0 Å². The Morgan fingerprint density at radius 3 is 1.19 bits per heavy atom. The molecule has 0 unspecified atom stereocenters. The molecule has 11 rings (SSSR count). The highest BCUT2D eigenvalue weighted by Gasteiger charge is 2.29. The van der Waals surface area contributed by atoms with E-state index in [4.69, 9.17) is 15.2 Å². The van der Waals surface area contributed by atoms with Gasteiger partial charge < -0.3 is 29.9 Å². The maximum absolute atomic E-state index is 13.2. The zero-order valence-corrected chi connectivity index (χ0v) is 46.9. The first-order valence-corrected chi connectivity index (χ1v) is 29.1. The number of Topliss-reactive ketones (excluding diaryl/α,β-unsaturated/α-hetero) is 2. The molecule has 20 nitrogen and oxygen atoms in total. The van der Waals surface area contributed by atoms with E-state index in [-0.39, 0.29) is 36.0 Å². The normalized spacial score (nSPS) is 17.6. The fraction of sp³-hybridized carbons (Fsp3) is 0.418. The van der Waals surface area contributed by atoms with Gasteiger partial charge in [-0.05, 0) is 123 Å². The molecule has 2 N–H and O–H groups in total. The van der Waals surface area contributed by atoms with Gasteiger partial charge in [-0.1, -0.05) is 35.6 Å². The molecule has 3 aliphatic heterocycles. The quantitative estimate of drug-likeness (QED) is 0.0720. The predicted molar refractivity (Wildman–Crippen MR) is 301 cm³/mol. The maximum Gasteiger partial charge on any atom is 0.203 e. The summed E-state index contributed by atoms with van der Waals surface area (Å²) in [6, 6.07) is 23.3. The van der Waals surface area contributed by atoms with Crippen LogP contribution in [0.5, 0.6) is 0 Å². The Bertz CT molecular complexity index is 3000. The smallest absolute Gasteiger partial charge is 0.203 e. The van der Waals surface area contributed by atoms with Gasteiger partial charge >= 0.3 is 0 Å². The van der Waals surface area contributed by atoms with Crippen molar-refractivity contribution >= 4 is 68.2 Å². The van der Waals surface area contributed by atoms with Gasteiger partial charge in [-0.25, -0.2) is 8.78 Å². The number of anilines is 4. The number of halogens is 2. The molecule has 0 bridgehead atoms. The van der Waals surface area contributed by atoms with Crippen LogP contribution in [0.3, 0.4) is 0 Å². The van der Waals surface area contributed by atoms with E-state index >= 15 is 0 Å². The first-order chi connectivity index (χ1) is 39.0. The van der Waals surface area contributed by atoms with Crippen LogP contribution in [0.25, 0.3) is 0 Å². The number of carbonyl (C=O) groups is 2. The first-order valence-electron chi connectivity index (χ1n) is 26.6. The summed E-state index contributed by atoms with van der Waals surface area (Å²) in [6.45, 7) is 10.2. The lowest BCUT2D eigenvalue weighted by atomic mass is 10.0. The van der Waals surface area contributed by atoms with E-state index in [1.54, 1.807) is 42.9 Å². The van der Waals surface area contributed by atoms with Gasteiger partial charge in [-0.3, -0.25) is 9.59 Å². The monoisotopic (exact) mass is 1140 g/mol. The molecule has 418 valence electrons. The molecular formula is C55H62F2N16O4S3. The number of hydrogen-bond acceptors (Lipinski definition) is 23. The first kappa shape index (κ1) is 57.4. The second-order valence-electron chi connectivity index (χ2n) is 19.4. The molecule has 0 saturated carbocycles. The van der Waals surface area contributed by atoms with E-state index in [1.807, 2.05) is 50.2 Å². The van der Waals surface area contributed by atoms with Crippen molar-refractivity contribution in [3.63, 3.8) is 0 Å². The SMILES string of the molecule is CCO[C@@H](C(=O)Cc1nnc(C[C@@H]2CCN(c3cccnn3)C2)s1)c1ccc(F)cc1.CCO[C@H](C(=O)Cc1nnc(C[C@@H]2CCN(c3cccnn3)C2)s1)c1ccc(F)cc1.Nc1nnc(C[C@@H]2CCN(c3cccnn3)C2)s1. The summed E-state index contributed by atoms with van der Waals surface area (Å²) in [5.74, 6) is 3.39. The zero-order chi connectivity index (χ0) is 55.6. The average Bonchev–Trinajstić information content (AvgIpc) is 4.38. The standard InChI is InChI=1S/2C22H24FN5O2S.C11H14N6S/c2*1-2-30-22(16-5-7-17(23)8-6-16)18(29)13-21-27-26-20(31-21)12-15-9-11-28(14-15)19-4-3-10-24-25-19;12-11-16-15-10(18-11)6-8-3-5-17(7-8)9-2-1-4-13-14-9/h2*3-8,10,15,22H,2,9,11-14H2,1H3;1-2,4,8H,3,5-7H2,(H2,12,16)/t15-,22+;15-,22-;8-/m000/s1. The minimum atomic E-state index is -0.728. The Morgan fingerprint density at radius 2 is 0.863 bits per heavy atom. The largest absolute Gasteiger partial charge is 0.374 e. The minimum Gasteiger partial charge on any atom is -0.374 e. The van der Waals surface area contributed by atoms with Crippen molar-refractivity contribution in [1.82, 2.24) is 61.2 Å². The van der Waals surface area contributed by atoms with Crippen LogP contribution in [0.1, 0.15) is 81.5 Å². The number of benzene rings is 2. The van der Waals surface area contributed by atoms with Crippen LogP contribution in [-0.2, 0) is 51.2 Å². The van der Waals surface area contributed by atoms with E-state index in [2.05, 4.69) is 75.9 Å². The van der Waals surface area contributed by atoms with E-state index in [0.29, 0.717) is 57.2 Å². The number of aromatic nitrogens is 12. The molecule has 9 heterocycles. The van der Waals surface area contributed by atoms with Crippen LogP contribution in [-0.4, -0.2) is 125 Å². The van der Waals surface area contributed by atoms with Crippen molar-refractivity contribution in [2.24, 2.45) is 17.8 Å². The molecule has 5 atom stereocenters. The van der Waals surface area contributed by atoms with Crippen molar-refractivity contribution in [2.75, 3.05) is 72.9 Å². The number of rotatable bonds is 21. The van der Waals surface area contributed by atoms with Crippen LogP contribution in [0, 0.1) is 29.4 Å². The fourth-order valence-corrected chi connectivity index (χ4v) is 12.5. The number of nitrogens with zero attached hydrogens (tertiary/aromatic N) is 15. The van der Waals surface area contributed by atoms with Crippen LogP contribution >= 0.6 is 34.0 Å². The summed E-state index contributed by atoms with van der Waals surface area (Å²) in [7, 11) is 0. The van der Waals surface area contributed by atoms with Gasteiger partial charge in [0.05, 0.1) is 12.8 Å². The third-order valence-electron chi connectivity index (χ3n) is 13.6. The molecule has 0 aliphatic carbocycles. The Kier molecular flexibility index (Phi) is 20.6. The summed E-state index contributed by atoms with van der Waals surface area (Å²) < 4.78 is 37.7. The molecule has 0 amide bonds. The predicted octanol–water partition coefficient (Wildman–Crippen LogP) is 7.83. The summed E-state index contributed by atoms with van der Waals surface area (Å²) in [5.41, 5.74) is 6.88. The molecule has 6 aromatic heterocycles. The fourth-order valence-electron chi connectivity index (χ4n) is 9.82. The Morgan fingerprint density at radius 1 is 0.512 bits per heavy atom. The van der Waals surface area contributed by atoms with Gasteiger partial charge in [0.15, 0.2) is 29.0 Å². The van der Waals surface area contributed by atoms with Gasteiger partial charge in [0.2, 0.25) is 5.13 Å². The Balaban J connectivity index is 0.000000151. The average molecular weight is 1150 g/mol. The Hall–Kier alpha value is -7.32. The lowest BCUT2D eigenvalue weighted by molar-refractivity contribution is -0.130. The second-order valence-corrected chi connectivity index (χ2v) is 22.8. The number of ether oxygens (including phenoxy) is 2. The van der Waals surface area contributed by atoms with Crippen molar-refractivity contribution < 1.29 is 27.8 Å². The lowest BCUT2D eigenvalue weighted by Crippen LogP contribution is -2.21. The zero-order valence-electron chi connectivity index (χ0n) is 44.4. The number of nitrogens with two attached hydrogens (primary N) is 1. The summed E-state index contributed by atoms with van der Waals surface area (Å²) in [6.07, 6.45) is 9.75. The molecule has 3 saturated heterocycles. The molecule has 2 aromatic carbocycles. The maximum atomic E-state index is 13.2. The third kappa shape index (κ3) is 16.4. The van der Waals surface area contributed by atoms with Crippen LogP contribution in [0.2, 0.25) is 0 Å². The molecule has 0 spiro atoms. The van der Waals surface area contributed by atoms with E-state index < -0.39 is 12.2 Å². The summed E-state index contributed by atoms with van der Waals surface area (Å²) >= 11 is 4.43. The van der Waals surface area contributed by atoms with Gasteiger partial charge in [-0.2, -0.15) is 15.3 Å². The lowest BCUT2D eigenvalue weighted by Gasteiger charge is -2.16. The van der Waals surface area contributed by atoms with E-state index in [1.165, 1.54) is 58.3 Å². The van der Waals surface area contributed by atoms with Gasteiger partial charge in [0.1, 0.15) is 48.9 Å². The van der Waals surface area contributed by atoms with Crippen molar-refractivity contribution in [2.45, 2.75) is 77.4 Å². The molecule has 80 heavy (non-hydrogen) atoms. The molecule has 25 heteroatoms. The van der Waals surface area contributed by atoms with Crippen LogP contribution in [0.4, 0.5) is 31.4 Å². The van der Waals surface area contributed by atoms with Crippen molar-refractivity contribution in [3.05, 3.63) is 151 Å². The second kappa shape index (κ2) is 28.7. The van der Waals surface area contributed by atoms with Crippen LogP contribution < -0.4 is 20.4 Å². The number of ketones is 2. The molecule has 8 aromatic rings. The Labute approximate surface area is 474 Å². The summed E-state index contributed by atoms with van der Waals surface area (Å²) in [5, 5.41) is 54.1. The summed E-state index contributed by atoms with van der Waals surface area (Å²) in [4.78, 5) is 32.4. The topological polar surface area (TPSA) is 243 Å². The highest BCUT2D eigenvalue weighted by molar-refractivity contribution is 7.15. The molecular weight excluding hydrogens is 1080 g/mol. The number of nitrogen functional groups attached to an aromatic ring is 1. The van der Waals surface area contributed by atoms with Crippen molar-refractivity contribution in [3.8, 4) is 0 Å². The number of hydrogen-bond donors (Lipinski definition) is 1. The number of carbonyl (C=O) groups excluding carboxylic acids is 2. The molecule has 3 aliphatic rings. The van der Waals surface area contributed by atoms with E-state index in [9.17, 15) is 18.4 Å². The van der Waals surface area contributed by atoms with Gasteiger partial charge in [0, 0.05) is 90.3 Å². The molecule has 0 radical (unpaired) electrons. The van der Waals surface area contributed by atoms with Gasteiger partial charge in [0.25, 0.3) is 0 Å². The highest BCUT2D eigenvalue weighted by atomic mass is 32.1. The highest BCUT2D eigenvalue weighted by Crippen LogP contribution is 2.30. The minimum absolute atomic E-state index is 0.106. The van der Waals surface area contributed by atoms with E-state index in [0.717, 1.165) is 110 Å².